The molecule has 4 heteroatoms. The van der Waals surface area contributed by atoms with Crippen LogP contribution in [0.1, 0.15) is 0 Å². The number of nitrogens with zero attached hydrogens (tertiary/aromatic N) is 2. The van der Waals surface area contributed by atoms with Crippen molar-refractivity contribution >= 4 is 102 Å². The van der Waals surface area contributed by atoms with Gasteiger partial charge in [0, 0.05) is 57.8 Å². The average Bonchev–Trinajstić information content (AvgIpc) is 3.89. The number of hydrogen-bond acceptors (Lipinski definition) is 3. The van der Waals surface area contributed by atoms with E-state index in [9.17, 15) is 0 Å². The number of thiophene rings is 2. The van der Waals surface area contributed by atoms with Gasteiger partial charge >= 0.3 is 0 Å². The second-order valence-electron chi connectivity index (χ2n) is 13.3. The molecule has 0 atom stereocenters. The molecule has 0 bridgehead atoms. The van der Waals surface area contributed by atoms with Crippen molar-refractivity contribution in [2.45, 2.75) is 0 Å². The van der Waals surface area contributed by atoms with Gasteiger partial charge in [0.2, 0.25) is 0 Å². The molecule has 3 heterocycles. The maximum atomic E-state index is 2.52. The van der Waals surface area contributed by atoms with Gasteiger partial charge in [0.1, 0.15) is 0 Å². The summed E-state index contributed by atoms with van der Waals surface area (Å²) in [6.45, 7) is 0. The van der Waals surface area contributed by atoms with Gasteiger partial charge in [-0.2, -0.15) is 0 Å². The molecule has 0 N–H and O–H groups in total. The lowest BCUT2D eigenvalue weighted by atomic mass is 10.0. The van der Waals surface area contributed by atoms with Gasteiger partial charge < -0.3 is 9.47 Å². The zero-order chi connectivity index (χ0) is 34.2. The van der Waals surface area contributed by atoms with Crippen LogP contribution in [0, 0.1) is 0 Å². The van der Waals surface area contributed by atoms with Gasteiger partial charge in [-0.25, -0.2) is 0 Å². The Morgan fingerprint density at radius 3 is 1.69 bits per heavy atom. The fourth-order valence-electron chi connectivity index (χ4n) is 8.07. The van der Waals surface area contributed by atoms with Crippen LogP contribution in [-0.2, 0) is 0 Å². The van der Waals surface area contributed by atoms with E-state index in [-0.39, 0.29) is 0 Å². The van der Waals surface area contributed by atoms with Crippen LogP contribution in [0.15, 0.2) is 182 Å². The fourth-order valence-corrected chi connectivity index (χ4v) is 10.4. The van der Waals surface area contributed by atoms with E-state index in [1.807, 2.05) is 22.7 Å². The van der Waals surface area contributed by atoms with E-state index < -0.39 is 0 Å². The highest BCUT2D eigenvalue weighted by atomic mass is 32.1. The molecule has 8 aromatic carbocycles. The van der Waals surface area contributed by atoms with Crippen molar-refractivity contribution in [3.05, 3.63) is 182 Å². The topological polar surface area (TPSA) is 8.17 Å². The Balaban J connectivity index is 1.26. The van der Waals surface area contributed by atoms with Crippen LogP contribution in [0.25, 0.3) is 79.0 Å². The molecule has 0 radical (unpaired) electrons. The van der Waals surface area contributed by atoms with E-state index in [2.05, 4.69) is 191 Å². The van der Waals surface area contributed by atoms with Crippen LogP contribution in [0.5, 0.6) is 0 Å². The molecule has 0 amide bonds. The standard InChI is InChI=1S/C48H30N2S2/c1-2-13-31(14-3-1)32-25-27-33(28-26-32)49(42-21-12-24-46-47(42)38-18-7-11-23-45(38)51-46)43-30-34(29-39-37-17-6-10-22-44(37)52-48(39)43)50-40-19-8-4-15-35(40)36-16-5-9-20-41(36)50/h1-30H. The van der Waals surface area contributed by atoms with Crippen LogP contribution in [0.2, 0.25) is 0 Å². The second-order valence-corrected chi connectivity index (χ2v) is 15.4. The predicted octanol–water partition coefficient (Wildman–Crippen LogP) is 14.7. The Hall–Kier alpha value is -6.20. The maximum Gasteiger partial charge on any atom is 0.0661 e. The number of hydrogen-bond donors (Lipinski definition) is 0. The lowest BCUT2D eigenvalue weighted by molar-refractivity contribution is 1.18. The Morgan fingerprint density at radius 2 is 0.962 bits per heavy atom. The number of anilines is 3. The summed E-state index contributed by atoms with van der Waals surface area (Å²) in [5.74, 6) is 0. The third-order valence-corrected chi connectivity index (χ3v) is 12.7. The van der Waals surface area contributed by atoms with Crippen molar-refractivity contribution in [2.24, 2.45) is 0 Å². The van der Waals surface area contributed by atoms with E-state index in [0.29, 0.717) is 0 Å². The van der Waals surface area contributed by atoms with Crippen LogP contribution < -0.4 is 4.90 Å². The van der Waals surface area contributed by atoms with Crippen molar-refractivity contribution < 1.29 is 0 Å². The van der Waals surface area contributed by atoms with Crippen molar-refractivity contribution in [2.75, 3.05) is 4.90 Å². The monoisotopic (exact) mass is 698 g/mol. The van der Waals surface area contributed by atoms with E-state index >= 15 is 0 Å². The average molecular weight is 699 g/mol. The number of para-hydroxylation sites is 2. The van der Waals surface area contributed by atoms with Crippen molar-refractivity contribution in [1.82, 2.24) is 4.57 Å². The third-order valence-electron chi connectivity index (χ3n) is 10.4. The summed E-state index contributed by atoms with van der Waals surface area (Å²) in [4.78, 5) is 2.52. The zero-order valence-electron chi connectivity index (χ0n) is 28.0. The number of fused-ring (bicyclic) bond motifs is 9. The summed E-state index contributed by atoms with van der Waals surface area (Å²) in [6, 6.07) is 66.7. The molecule has 0 aliphatic rings. The van der Waals surface area contributed by atoms with Gasteiger partial charge in [0.15, 0.2) is 0 Å². The third kappa shape index (κ3) is 4.48. The van der Waals surface area contributed by atoms with Crippen LogP contribution in [-0.4, -0.2) is 4.57 Å². The van der Waals surface area contributed by atoms with Crippen molar-refractivity contribution in [3.63, 3.8) is 0 Å². The molecule has 3 aromatic heterocycles. The molecule has 11 aromatic rings. The summed E-state index contributed by atoms with van der Waals surface area (Å²) in [5, 5.41) is 7.64. The minimum Gasteiger partial charge on any atom is -0.309 e. The lowest BCUT2D eigenvalue weighted by Gasteiger charge is -2.28. The number of rotatable bonds is 5. The smallest absolute Gasteiger partial charge is 0.0661 e. The zero-order valence-corrected chi connectivity index (χ0v) is 29.7. The van der Waals surface area contributed by atoms with Gasteiger partial charge in [-0.05, 0) is 71.8 Å². The Morgan fingerprint density at radius 1 is 0.385 bits per heavy atom. The summed E-state index contributed by atoms with van der Waals surface area (Å²) >= 11 is 3.75. The first-order valence-electron chi connectivity index (χ1n) is 17.6. The molecule has 0 saturated carbocycles. The van der Waals surface area contributed by atoms with Gasteiger partial charge in [0.05, 0.1) is 27.1 Å². The molecule has 244 valence electrons. The first-order valence-corrected chi connectivity index (χ1v) is 19.2. The van der Waals surface area contributed by atoms with E-state index in [1.54, 1.807) is 0 Å². The molecule has 52 heavy (non-hydrogen) atoms. The van der Waals surface area contributed by atoms with Gasteiger partial charge in [-0.15, -0.1) is 22.7 Å². The fraction of sp³-hybridized carbons (Fsp3) is 0. The molecule has 0 spiro atoms. The normalized spacial score (nSPS) is 11.8. The molecule has 0 aliphatic heterocycles. The summed E-state index contributed by atoms with van der Waals surface area (Å²) in [5.41, 5.74) is 9.46. The highest BCUT2D eigenvalue weighted by Gasteiger charge is 2.24. The minimum atomic E-state index is 1.13. The molecule has 0 saturated heterocycles. The van der Waals surface area contributed by atoms with Gasteiger partial charge in [-0.3, -0.25) is 0 Å². The van der Waals surface area contributed by atoms with Crippen LogP contribution in [0.3, 0.4) is 0 Å². The SMILES string of the molecule is c1ccc(-c2ccc(N(c3cc(-n4c5ccccc5c5ccccc54)cc4c3sc3ccccc34)c3cccc4sc5ccccc5c34)cc2)cc1. The first kappa shape index (κ1) is 29.5. The summed E-state index contributed by atoms with van der Waals surface area (Å²) in [7, 11) is 0. The van der Waals surface area contributed by atoms with E-state index in [4.69, 9.17) is 0 Å². The Bertz CT molecular complexity index is 3080. The van der Waals surface area contributed by atoms with Gasteiger partial charge in [0.25, 0.3) is 0 Å². The molecule has 11 rings (SSSR count). The predicted molar refractivity (Wildman–Crippen MR) is 227 cm³/mol. The molecular formula is C48H30N2S2. The second kappa shape index (κ2) is 11.7. The molecule has 0 aliphatic carbocycles. The highest BCUT2D eigenvalue weighted by Crippen LogP contribution is 2.50. The van der Waals surface area contributed by atoms with Crippen molar-refractivity contribution in [1.29, 1.82) is 0 Å². The van der Waals surface area contributed by atoms with Crippen LogP contribution in [0.4, 0.5) is 17.1 Å². The van der Waals surface area contributed by atoms with Gasteiger partial charge in [-0.1, -0.05) is 121 Å². The Kier molecular flexibility index (Phi) is 6.63. The van der Waals surface area contributed by atoms with E-state index in [1.165, 1.54) is 84.7 Å². The minimum absolute atomic E-state index is 1.13. The number of aromatic nitrogens is 1. The lowest BCUT2D eigenvalue weighted by Crippen LogP contribution is -2.11. The summed E-state index contributed by atoms with van der Waals surface area (Å²) in [6.07, 6.45) is 0. The highest BCUT2D eigenvalue weighted by molar-refractivity contribution is 7.26. The maximum absolute atomic E-state index is 2.52. The quantitative estimate of drug-likeness (QED) is 0.174. The molecule has 0 fully saturated rings. The van der Waals surface area contributed by atoms with Crippen molar-refractivity contribution in [3.8, 4) is 16.8 Å². The van der Waals surface area contributed by atoms with E-state index in [0.717, 1.165) is 11.4 Å². The Labute approximate surface area is 308 Å². The molecular weight excluding hydrogens is 669 g/mol. The molecule has 0 unspecified atom stereocenters. The first-order chi connectivity index (χ1) is 25.8. The van der Waals surface area contributed by atoms with Crippen LogP contribution >= 0.6 is 22.7 Å². The largest absolute Gasteiger partial charge is 0.309 e. The number of benzene rings is 8. The molecule has 2 nitrogen and oxygen atoms in total. The summed E-state index contributed by atoms with van der Waals surface area (Å²) < 4.78 is 7.61.